The zero-order valence-corrected chi connectivity index (χ0v) is 11.8. The Bertz CT molecular complexity index is 653. The largest absolute Gasteiger partial charge is 0.469 e. The molecule has 12 nitrogen and oxygen atoms in total. The van der Waals surface area contributed by atoms with E-state index in [0.29, 0.717) is 0 Å². The van der Waals surface area contributed by atoms with Crippen LogP contribution in [0.15, 0.2) is 15.7 Å². The summed E-state index contributed by atoms with van der Waals surface area (Å²) in [5, 5.41) is 22.0. The van der Waals surface area contributed by atoms with Gasteiger partial charge >= 0.3 is 13.5 Å². The fourth-order valence-corrected chi connectivity index (χ4v) is 2.22. The van der Waals surface area contributed by atoms with E-state index in [4.69, 9.17) is 14.5 Å². The first-order chi connectivity index (χ1) is 10.2. The summed E-state index contributed by atoms with van der Waals surface area (Å²) < 4.78 is 20.0. The maximum Gasteiger partial charge on any atom is 0.469 e. The molecule has 0 spiro atoms. The van der Waals surface area contributed by atoms with Crippen LogP contribution < -0.4 is 16.6 Å². The van der Waals surface area contributed by atoms with Gasteiger partial charge in [0.2, 0.25) is 0 Å². The van der Waals surface area contributed by atoms with Gasteiger partial charge in [0, 0.05) is 6.07 Å². The van der Waals surface area contributed by atoms with Crippen molar-refractivity contribution in [2.24, 2.45) is 0 Å². The quantitative estimate of drug-likeness (QED) is 0.272. The van der Waals surface area contributed by atoms with Crippen molar-refractivity contribution in [3.63, 3.8) is 0 Å². The normalized spacial score (nSPS) is 28.7. The highest BCUT2D eigenvalue weighted by Gasteiger charge is 2.43. The van der Waals surface area contributed by atoms with Crippen LogP contribution in [-0.2, 0) is 13.8 Å². The smallest absolute Gasteiger partial charge is 0.387 e. The Morgan fingerprint density at radius 2 is 1.95 bits per heavy atom. The third kappa shape index (κ3) is 4.24. The van der Waals surface area contributed by atoms with Gasteiger partial charge in [0.05, 0.1) is 6.61 Å². The highest BCUT2D eigenvalue weighted by molar-refractivity contribution is 7.46. The second-order valence-electron chi connectivity index (χ2n) is 4.51. The molecule has 1 aliphatic heterocycles. The van der Waals surface area contributed by atoms with Crippen molar-refractivity contribution in [1.29, 1.82) is 0 Å². The van der Waals surface area contributed by atoms with Crippen LogP contribution in [0.3, 0.4) is 0 Å². The number of phosphoric ester groups is 1. The molecule has 1 fully saturated rings. The lowest BCUT2D eigenvalue weighted by Gasteiger charge is -2.17. The number of aromatic nitrogens is 2. The molecule has 1 aromatic rings. The summed E-state index contributed by atoms with van der Waals surface area (Å²) in [7, 11) is -4.75. The molecule has 0 bridgehead atoms. The molecule has 2 rings (SSSR count). The van der Waals surface area contributed by atoms with E-state index in [1.165, 1.54) is 0 Å². The first kappa shape index (κ1) is 16.8. The molecule has 0 saturated carbocycles. The predicted octanol–water partition coefficient (Wildman–Crippen LogP) is -2.97. The van der Waals surface area contributed by atoms with Crippen LogP contribution in [0, 0.1) is 0 Å². The van der Waals surface area contributed by atoms with Crippen molar-refractivity contribution in [2.45, 2.75) is 24.5 Å². The molecular weight excluding hydrogens is 325 g/mol. The molecule has 1 saturated heterocycles. The Balaban J connectivity index is 2.05. The van der Waals surface area contributed by atoms with Crippen LogP contribution in [0.25, 0.3) is 0 Å². The van der Waals surface area contributed by atoms with Crippen molar-refractivity contribution < 1.29 is 33.8 Å². The van der Waals surface area contributed by atoms with E-state index in [0.717, 1.165) is 6.07 Å². The maximum atomic E-state index is 11.1. The lowest BCUT2D eigenvalue weighted by Crippen LogP contribution is -2.37. The molecule has 22 heavy (non-hydrogen) atoms. The molecule has 0 aromatic carbocycles. The van der Waals surface area contributed by atoms with Gasteiger partial charge in [-0.15, -0.1) is 0 Å². The molecule has 0 radical (unpaired) electrons. The number of ether oxygens (including phenoxy) is 1. The highest BCUT2D eigenvalue weighted by atomic mass is 31.2. The Kier molecular flexibility index (Phi) is 4.82. The third-order valence-corrected chi connectivity index (χ3v) is 3.31. The van der Waals surface area contributed by atoms with Gasteiger partial charge < -0.3 is 30.1 Å². The van der Waals surface area contributed by atoms with Crippen LogP contribution in [0.4, 0.5) is 5.82 Å². The number of hydrogen-bond acceptors (Lipinski definition) is 8. The fraction of sp³-hybridized carbons (Fsp3) is 0.556. The van der Waals surface area contributed by atoms with Gasteiger partial charge in [-0.3, -0.25) is 19.3 Å². The van der Waals surface area contributed by atoms with E-state index in [1.54, 1.807) is 0 Å². The van der Waals surface area contributed by atoms with E-state index in [1.807, 2.05) is 4.98 Å². The number of nitrogens with one attached hydrogen (secondary N) is 3. The number of anilines is 1. The number of aliphatic hydroxyl groups excluding tert-OH is 2. The molecule has 4 atom stereocenters. The van der Waals surface area contributed by atoms with Gasteiger partial charge in [-0.1, -0.05) is 0 Å². The lowest BCUT2D eigenvalue weighted by molar-refractivity contribution is -0.0151. The SMILES string of the molecule is O=c1cc(NC2O[C@H](COP(=O)(O)O)[C@@H](O)[C@H]2O)[nH]c(=O)[nH]1. The summed E-state index contributed by atoms with van der Waals surface area (Å²) in [6.45, 7) is -0.660. The summed E-state index contributed by atoms with van der Waals surface area (Å²) in [4.78, 5) is 43.6. The summed E-state index contributed by atoms with van der Waals surface area (Å²) in [5.74, 6) is -0.0680. The van der Waals surface area contributed by atoms with Gasteiger partial charge in [0.1, 0.15) is 24.1 Å². The van der Waals surface area contributed by atoms with Crippen LogP contribution in [-0.4, -0.2) is 61.1 Å². The van der Waals surface area contributed by atoms with Crippen molar-refractivity contribution in [1.82, 2.24) is 9.97 Å². The van der Waals surface area contributed by atoms with E-state index in [2.05, 4.69) is 14.8 Å². The molecule has 1 aliphatic rings. The van der Waals surface area contributed by atoms with E-state index < -0.39 is 50.2 Å². The van der Waals surface area contributed by atoms with Crippen LogP contribution in [0.5, 0.6) is 0 Å². The minimum atomic E-state index is -4.75. The molecule has 1 aromatic heterocycles. The van der Waals surface area contributed by atoms with E-state index in [9.17, 15) is 24.4 Å². The fourth-order valence-electron chi connectivity index (χ4n) is 1.88. The molecule has 7 N–H and O–H groups in total. The number of aromatic amines is 2. The first-order valence-corrected chi connectivity index (χ1v) is 7.50. The second kappa shape index (κ2) is 6.30. The summed E-state index contributed by atoms with van der Waals surface area (Å²) >= 11 is 0. The Hall–Kier alpha value is -1.53. The zero-order valence-electron chi connectivity index (χ0n) is 10.9. The minimum absolute atomic E-state index is 0.0680. The standard InChI is InChI=1S/C9H14N3O9P/c13-5-1-4(11-9(16)12-5)10-8-7(15)6(14)3(21-8)2-20-22(17,18)19/h1,3,6-8,14-15H,2H2,(H2,17,18,19)(H3,10,11,12,13,16)/t3-,6-,7-,8?/m1/s1. The van der Waals surface area contributed by atoms with Crippen molar-refractivity contribution in [2.75, 3.05) is 11.9 Å². The molecule has 13 heteroatoms. The van der Waals surface area contributed by atoms with E-state index in [-0.39, 0.29) is 5.82 Å². The van der Waals surface area contributed by atoms with Gasteiger partial charge in [-0.25, -0.2) is 9.36 Å². The van der Waals surface area contributed by atoms with Gasteiger partial charge in [-0.2, -0.15) is 0 Å². The highest BCUT2D eigenvalue weighted by Crippen LogP contribution is 2.37. The van der Waals surface area contributed by atoms with E-state index >= 15 is 0 Å². The van der Waals surface area contributed by atoms with Crippen LogP contribution in [0.2, 0.25) is 0 Å². The molecule has 2 heterocycles. The monoisotopic (exact) mass is 339 g/mol. The number of H-pyrrole nitrogens is 2. The molecule has 0 aliphatic carbocycles. The molecular formula is C9H14N3O9P. The Morgan fingerprint density at radius 3 is 2.55 bits per heavy atom. The first-order valence-electron chi connectivity index (χ1n) is 5.97. The summed E-state index contributed by atoms with van der Waals surface area (Å²) in [5.41, 5.74) is -1.48. The summed E-state index contributed by atoms with van der Waals surface area (Å²) in [6.07, 6.45) is -5.41. The van der Waals surface area contributed by atoms with Crippen molar-refractivity contribution in [3.05, 3.63) is 26.9 Å². The molecule has 1 unspecified atom stereocenters. The van der Waals surface area contributed by atoms with Crippen LogP contribution in [0.1, 0.15) is 0 Å². The predicted molar refractivity (Wildman–Crippen MR) is 70.0 cm³/mol. The molecule has 124 valence electrons. The van der Waals surface area contributed by atoms with Crippen molar-refractivity contribution >= 4 is 13.6 Å². The number of aliphatic hydroxyl groups is 2. The number of rotatable bonds is 5. The third-order valence-electron chi connectivity index (χ3n) is 2.83. The average Bonchev–Trinajstić information content (AvgIpc) is 2.62. The van der Waals surface area contributed by atoms with Crippen molar-refractivity contribution in [3.8, 4) is 0 Å². The topological polar surface area (TPSA) is 194 Å². The Morgan fingerprint density at radius 1 is 1.27 bits per heavy atom. The summed E-state index contributed by atoms with van der Waals surface area (Å²) in [6, 6.07) is 0.989. The number of hydrogen-bond donors (Lipinski definition) is 7. The number of phosphoric acid groups is 1. The minimum Gasteiger partial charge on any atom is -0.387 e. The Labute approximate surface area is 122 Å². The maximum absolute atomic E-state index is 11.1. The van der Waals surface area contributed by atoms with Gasteiger partial charge in [0.15, 0.2) is 6.23 Å². The average molecular weight is 339 g/mol. The molecule has 0 amide bonds. The van der Waals surface area contributed by atoms with Gasteiger partial charge in [0.25, 0.3) is 5.56 Å². The van der Waals surface area contributed by atoms with Crippen LogP contribution >= 0.6 is 7.82 Å². The zero-order chi connectivity index (χ0) is 16.5. The second-order valence-corrected chi connectivity index (χ2v) is 5.75. The van der Waals surface area contributed by atoms with Gasteiger partial charge in [-0.05, 0) is 0 Å². The lowest BCUT2D eigenvalue weighted by atomic mass is 10.1.